The molecule has 0 fully saturated rings. The highest BCUT2D eigenvalue weighted by atomic mass is 35.5. The highest BCUT2D eigenvalue weighted by Gasteiger charge is 2.24. The van der Waals surface area contributed by atoms with E-state index in [1.165, 1.54) is 23.5 Å². The van der Waals surface area contributed by atoms with Gasteiger partial charge < -0.3 is 5.11 Å². The maximum absolute atomic E-state index is 12.4. The van der Waals surface area contributed by atoms with Crippen molar-refractivity contribution >= 4 is 44.6 Å². The van der Waals surface area contributed by atoms with Gasteiger partial charge in [0.05, 0.1) is 17.7 Å². The molecular weight excluding hydrogens is 355 g/mol. The summed E-state index contributed by atoms with van der Waals surface area (Å²) in [4.78, 5) is 3.94. The zero-order valence-corrected chi connectivity index (χ0v) is 14.0. The number of aromatic nitrogens is 1. The standard InChI is InChI=1S/C12H12Cl2N2O3S2/c1-7(12-15-4-5-20-12)16-21(18,19)10-3-2-9(13)8(6-17)11(10)14/h2-5,7,16-17H,6H2,1H3. The minimum Gasteiger partial charge on any atom is -0.392 e. The Morgan fingerprint density at radius 2 is 2.14 bits per heavy atom. The number of rotatable bonds is 5. The van der Waals surface area contributed by atoms with Crippen LogP contribution in [0.4, 0.5) is 0 Å². The molecule has 0 aliphatic rings. The van der Waals surface area contributed by atoms with E-state index in [0.29, 0.717) is 5.01 Å². The van der Waals surface area contributed by atoms with Gasteiger partial charge in [-0.15, -0.1) is 11.3 Å². The fourth-order valence-corrected chi connectivity index (χ4v) is 4.55. The van der Waals surface area contributed by atoms with Gasteiger partial charge in [-0.1, -0.05) is 23.2 Å². The van der Waals surface area contributed by atoms with Crippen molar-refractivity contribution in [2.45, 2.75) is 24.5 Å². The Morgan fingerprint density at radius 1 is 1.43 bits per heavy atom. The average Bonchev–Trinajstić information content (AvgIpc) is 2.92. The number of hydrogen-bond acceptors (Lipinski definition) is 5. The first-order valence-electron chi connectivity index (χ1n) is 5.86. The van der Waals surface area contributed by atoms with E-state index >= 15 is 0 Å². The molecule has 1 aromatic carbocycles. The average molecular weight is 367 g/mol. The summed E-state index contributed by atoms with van der Waals surface area (Å²) in [5.41, 5.74) is 0.183. The second kappa shape index (κ2) is 6.60. The minimum atomic E-state index is -3.85. The molecule has 0 bridgehead atoms. The van der Waals surface area contributed by atoms with Gasteiger partial charge in [0.25, 0.3) is 0 Å². The number of halogens is 2. The molecule has 0 saturated carbocycles. The largest absolute Gasteiger partial charge is 0.392 e. The molecule has 0 spiro atoms. The zero-order chi connectivity index (χ0) is 15.6. The summed E-state index contributed by atoms with van der Waals surface area (Å²) in [6, 6.07) is 2.21. The molecular formula is C12H12Cl2N2O3S2. The molecule has 114 valence electrons. The predicted molar refractivity (Wildman–Crippen MR) is 83.2 cm³/mol. The topological polar surface area (TPSA) is 79.3 Å². The Bertz CT molecular complexity index is 733. The van der Waals surface area contributed by atoms with E-state index in [9.17, 15) is 13.5 Å². The first-order chi connectivity index (χ1) is 9.86. The molecule has 21 heavy (non-hydrogen) atoms. The number of nitrogens with one attached hydrogen (secondary N) is 1. The van der Waals surface area contributed by atoms with Crippen LogP contribution in [0.15, 0.2) is 28.6 Å². The van der Waals surface area contributed by atoms with Gasteiger partial charge in [0.15, 0.2) is 0 Å². The molecule has 2 rings (SSSR count). The number of benzene rings is 1. The van der Waals surface area contributed by atoms with Crippen molar-refractivity contribution < 1.29 is 13.5 Å². The van der Waals surface area contributed by atoms with E-state index in [1.54, 1.807) is 18.5 Å². The maximum Gasteiger partial charge on any atom is 0.242 e. The van der Waals surface area contributed by atoms with Crippen molar-refractivity contribution in [3.05, 3.63) is 44.3 Å². The van der Waals surface area contributed by atoms with Crippen LogP contribution in [-0.2, 0) is 16.6 Å². The van der Waals surface area contributed by atoms with E-state index in [2.05, 4.69) is 9.71 Å². The molecule has 0 saturated heterocycles. The van der Waals surface area contributed by atoms with Crippen molar-refractivity contribution in [1.82, 2.24) is 9.71 Å². The molecule has 9 heteroatoms. The molecule has 2 aromatic rings. The van der Waals surface area contributed by atoms with E-state index < -0.39 is 22.7 Å². The van der Waals surface area contributed by atoms with Crippen molar-refractivity contribution in [3.8, 4) is 0 Å². The fourth-order valence-electron chi connectivity index (χ4n) is 1.72. The number of aliphatic hydroxyl groups is 1. The summed E-state index contributed by atoms with van der Waals surface area (Å²) < 4.78 is 27.3. The molecule has 0 aliphatic heterocycles. The predicted octanol–water partition coefficient (Wildman–Crippen LogP) is 2.98. The molecule has 0 amide bonds. The molecule has 1 atom stereocenters. The monoisotopic (exact) mass is 366 g/mol. The van der Waals surface area contributed by atoms with Crippen LogP contribution in [0.5, 0.6) is 0 Å². The van der Waals surface area contributed by atoms with Crippen LogP contribution >= 0.6 is 34.5 Å². The smallest absolute Gasteiger partial charge is 0.242 e. The van der Waals surface area contributed by atoms with Crippen LogP contribution in [0.1, 0.15) is 23.5 Å². The van der Waals surface area contributed by atoms with Gasteiger partial charge in [-0.2, -0.15) is 0 Å². The first kappa shape index (κ1) is 16.7. The second-order valence-corrected chi connectivity index (χ2v) is 7.60. The van der Waals surface area contributed by atoms with Gasteiger partial charge in [-0.3, -0.25) is 0 Å². The number of thiazole rings is 1. The van der Waals surface area contributed by atoms with E-state index in [0.717, 1.165) is 0 Å². The Labute approximate surface area is 136 Å². The van der Waals surface area contributed by atoms with Gasteiger partial charge in [-0.25, -0.2) is 18.1 Å². The summed E-state index contributed by atoms with van der Waals surface area (Å²) in [5, 5.41) is 11.8. The maximum atomic E-state index is 12.4. The van der Waals surface area contributed by atoms with Gasteiger partial charge in [0.2, 0.25) is 10.0 Å². The zero-order valence-electron chi connectivity index (χ0n) is 10.9. The number of nitrogens with zero attached hydrogens (tertiary/aromatic N) is 1. The molecule has 0 aliphatic carbocycles. The molecule has 2 N–H and O–H groups in total. The Morgan fingerprint density at radius 3 is 2.71 bits per heavy atom. The minimum absolute atomic E-state index is 0.0798. The lowest BCUT2D eigenvalue weighted by atomic mass is 10.2. The quantitative estimate of drug-likeness (QED) is 0.852. The normalized spacial score (nSPS) is 13.3. The highest BCUT2D eigenvalue weighted by Crippen LogP contribution is 2.31. The third-order valence-corrected chi connectivity index (χ3v) is 6.19. The van der Waals surface area contributed by atoms with Crippen molar-refractivity contribution in [3.63, 3.8) is 0 Å². The fraction of sp³-hybridized carbons (Fsp3) is 0.250. The molecule has 0 radical (unpaired) electrons. The van der Waals surface area contributed by atoms with Crippen molar-refractivity contribution in [2.24, 2.45) is 0 Å². The van der Waals surface area contributed by atoms with Gasteiger partial charge in [0, 0.05) is 22.2 Å². The third-order valence-electron chi connectivity index (χ3n) is 2.75. The highest BCUT2D eigenvalue weighted by molar-refractivity contribution is 7.89. The SMILES string of the molecule is CC(NS(=O)(=O)c1ccc(Cl)c(CO)c1Cl)c1nccs1. The van der Waals surface area contributed by atoms with Crippen LogP contribution in [0.2, 0.25) is 10.0 Å². The van der Waals surface area contributed by atoms with Gasteiger partial charge in [-0.05, 0) is 19.1 Å². The second-order valence-electron chi connectivity index (χ2n) is 4.21. The van der Waals surface area contributed by atoms with E-state index in [1.807, 2.05) is 0 Å². The lowest BCUT2D eigenvalue weighted by Crippen LogP contribution is -2.27. The number of sulfonamides is 1. The summed E-state index contributed by atoms with van der Waals surface area (Å²) in [6.07, 6.45) is 1.60. The summed E-state index contributed by atoms with van der Waals surface area (Å²) >= 11 is 13.3. The third kappa shape index (κ3) is 3.56. The van der Waals surface area contributed by atoms with Gasteiger partial charge >= 0.3 is 0 Å². The van der Waals surface area contributed by atoms with E-state index in [-0.39, 0.29) is 20.5 Å². The van der Waals surface area contributed by atoms with Crippen LogP contribution < -0.4 is 4.72 Å². The molecule has 5 nitrogen and oxygen atoms in total. The summed E-state index contributed by atoms with van der Waals surface area (Å²) in [6.45, 7) is 1.25. The van der Waals surface area contributed by atoms with Crippen molar-refractivity contribution in [1.29, 1.82) is 0 Å². The van der Waals surface area contributed by atoms with Crippen LogP contribution in [0.25, 0.3) is 0 Å². The van der Waals surface area contributed by atoms with E-state index in [4.69, 9.17) is 23.2 Å². The van der Waals surface area contributed by atoms with Crippen molar-refractivity contribution in [2.75, 3.05) is 0 Å². The molecule has 1 unspecified atom stereocenters. The first-order valence-corrected chi connectivity index (χ1v) is 8.98. The number of aliphatic hydroxyl groups excluding tert-OH is 1. The van der Waals surface area contributed by atoms with Gasteiger partial charge in [0.1, 0.15) is 9.90 Å². The molecule has 1 aromatic heterocycles. The summed E-state index contributed by atoms with van der Waals surface area (Å²) in [5.74, 6) is 0. The lowest BCUT2D eigenvalue weighted by Gasteiger charge is -2.14. The lowest BCUT2D eigenvalue weighted by molar-refractivity contribution is 0.281. The van der Waals surface area contributed by atoms with Crippen LogP contribution in [-0.4, -0.2) is 18.5 Å². The Hall–Kier alpha value is -0.700. The van der Waals surface area contributed by atoms with Crippen LogP contribution in [0.3, 0.4) is 0 Å². The Balaban J connectivity index is 2.36. The summed E-state index contributed by atoms with van der Waals surface area (Å²) in [7, 11) is -3.85. The Kier molecular flexibility index (Phi) is 5.24. The number of hydrogen-bond donors (Lipinski definition) is 2. The van der Waals surface area contributed by atoms with Crippen LogP contribution in [0, 0.1) is 0 Å². The molecule has 1 heterocycles.